The lowest BCUT2D eigenvalue weighted by atomic mass is 9.98. The van der Waals surface area contributed by atoms with Crippen LogP contribution in [0, 0.1) is 0 Å². The molecule has 0 aromatic carbocycles. The van der Waals surface area contributed by atoms with Crippen LogP contribution >= 0.6 is 0 Å². The lowest BCUT2D eigenvalue weighted by Crippen LogP contribution is -2.56. The molecule has 1 aliphatic rings. The molecule has 3 rings (SSSR count). The van der Waals surface area contributed by atoms with E-state index in [9.17, 15) is 30.0 Å². The van der Waals surface area contributed by atoms with Gasteiger partial charge >= 0.3 is 5.69 Å². The lowest BCUT2D eigenvalue weighted by molar-refractivity contribution is -0.250. The number of nitrogens with one attached hydrogen (secondary N) is 1. The van der Waals surface area contributed by atoms with Crippen LogP contribution < -0.4 is 11.2 Å². The average Bonchev–Trinajstić information content (AvgIpc) is 2.96. The maximum Gasteiger partial charge on any atom is 0.329 e. The van der Waals surface area contributed by atoms with Crippen molar-refractivity contribution >= 4 is 11.2 Å². The number of aromatic nitrogens is 4. The Balaban J connectivity index is 2.17. The number of hydrogen-bond acceptors (Lipinski definition) is 8. The van der Waals surface area contributed by atoms with Gasteiger partial charge in [-0.2, -0.15) is 0 Å². The summed E-state index contributed by atoms with van der Waals surface area (Å²) < 4.78 is 7.71. The molecule has 1 saturated heterocycles. The molecular formula is C12H16N4O7. The lowest BCUT2D eigenvalue weighted by Gasteiger charge is -2.40. The van der Waals surface area contributed by atoms with Crippen LogP contribution in [0.25, 0.3) is 11.2 Å². The summed E-state index contributed by atoms with van der Waals surface area (Å²) in [6, 6.07) is 0. The van der Waals surface area contributed by atoms with Crippen molar-refractivity contribution in [3.05, 3.63) is 27.2 Å². The average molecular weight is 328 g/mol. The molecule has 1 unspecified atom stereocenters. The fourth-order valence-corrected chi connectivity index (χ4v) is 2.68. The zero-order valence-corrected chi connectivity index (χ0v) is 12.0. The summed E-state index contributed by atoms with van der Waals surface area (Å²) in [6.07, 6.45) is -5.83. The Morgan fingerprint density at radius 2 is 1.96 bits per heavy atom. The van der Waals surface area contributed by atoms with Crippen molar-refractivity contribution in [3.63, 3.8) is 0 Å². The van der Waals surface area contributed by atoms with Gasteiger partial charge in [0.1, 0.15) is 24.4 Å². The summed E-state index contributed by atoms with van der Waals surface area (Å²) in [5.74, 6) is 0. The van der Waals surface area contributed by atoms with E-state index in [-0.39, 0.29) is 11.2 Å². The summed E-state index contributed by atoms with van der Waals surface area (Å²) >= 11 is 0. The van der Waals surface area contributed by atoms with Gasteiger partial charge in [0.05, 0.1) is 12.9 Å². The van der Waals surface area contributed by atoms with Crippen LogP contribution in [0.5, 0.6) is 0 Å². The Morgan fingerprint density at radius 1 is 1.26 bits per heavy atom. The molecule has 3 heterocycles. The van der Waals surface area contributed by atoms with Crippen molar-refractivity contribution in [2.24, 2.45) is 7.05 Å². The molecule has 126 valence electrons. The van der Waals surface area contributed by atoms with Crippen molar-refractivity contribution in [1.82, 2.24) is 19.1 Å². The molecule has 2 aromatic rings. The fraction of sp³-hybridized carbons (Fsp3) is 0.583. The zero-order valence-electron chi connectivity index (χ0n) is 12.0. The summed E-state index contributed by atoms with van der Waals surface area (Å²) in [6.45, 7) is -0.590. The zero-order chi connectivity index (χ0) is 16.9. The first-order chi connectivity index (χ1) is 10.9. The van der Waals surface area contributed by atoms with Gasteiger partial charge in [0.25, 0.3) is 5.56 Å². The molecule has 2 aromatic heterocycles. The molecule has 0 saturated carbocycles. The van der Waals surface area contributed by atoms with E-state index in [0.717, 1.165) is 4.57 Å². The molecule has 0 spiro atoms. The van der Waals surface area contributed by atoms with Crippen molar-refractivity contribution < 1.29 is 25.2 Å². The highest BCUT2D eigenvalue weighted by atomic mass is 16.6. The largest absolute Gasteiger partial charge is 0.394 e. The maximum atomic E-state index is 11.8. The highest BCUT2D eigenvalue weighted by molar-refractivity contribution is 5.69. The van der Waals surface area contributed by atoms with Crippen molar-refractivity contribution in [3.8, 4) is 0 Å². The van der Waals surface area contributed by atoms with E-state index in [1.54, 1.807) is 0 Å². The maximum absolute atomic E-state index is 11.8. The van der Waals surface area contributed by atoms with Gasteiger partial charge in [-0.25, -0.2) is 9.78 Å². The van der Waals surface area contributed by atoms with E-state index in [1.807, 2.05) is 0 Å². The van der Waals surface area contributed by atoms with E-state index in [2.05, 4.69) is 9.97 Å². The molecule has 1 aliphatic heterocycles. The smallest absolute Gasteiger partial charge is 0.329 e. The fourth-order valence-electron chi connectivity index (χ4n) is 2.68. The highest BCUT2D eigenvalue weighted by Crippen LogP contribution is 2.29. The van der Waals surface area contributed by atoms with E-state index >= 15 is 0 Å². The number of aromatic amines is 1. The molecular weight excluding hydrogens is 312 g/mol. The number of ether oxygens (including phenoxy) is 1. The van der Waals surface area contributed by atoms with Gasteiger partial charge in [0.2, 0.25) is 0 Å². The number of aliphatic hydroxyl groups is 4. The molecule has 0 amide bonds. The number of H-pyrrole nitrogens is 1. The molecule has 5 N–H and O–H groups in total. The van der Waals surface area contributed by atoms with Gasteiger partial charge in [-0.3, -0.25) is 18.9 Å². The normalized spacial score (nSPS) is 31.6. The molecule has 5 atom stereocenters. The number of nitrogens with zero attached hydrogens (tertiary/aromatic N) is 3. The van der Waals surface area contributed by atoms with Gasteiger partial charge in [-0.1, -0.05) is 0 Å². The number of aryl methyl sites for hydroxylation is 1. The first kappa shape index (κ1) is 15.8. The number of fused-ring (bicyclic) bond motifs is 1. The predicted octanol–water partition coefficient (Wildman–Crippen LogP) is -3.60. The van der Waals surface area contributed by atoms with Crippen LogP contribution in [0.15, 0.2) is 15.9 Å². The standard InChI is InChI=1S/C12H16N4O7/c1-15-10-5(9(21)14-12(15)22)13-3-16(10)11-8(20)7(19)6(18)4(2-17)23-11/h3-4,6-8,11,17-20H,2H2,1H3,(H,14,21,22)/t4-,6-,7+,8-,11?/m1/s1. The number of aliphatic hydroxyl groups excluding tert-OH is 4. The molecule has 0 radical (unpaired) electrons. The van der Waals surface area contributed by atoms with E-state index < -0.39 is 48.5 Å². The van der Waals surface area contributed by atoms with Crippen molar-refractivity contribution in [1.29, 1.82) is 0 Å². The predicted molar refractivity (Wildman–Crippen MR) is 74.6 cm³/mol. The number of hydrogen-bond donors (Lipinski definition) is 5. The first-order valence-corrected chi connectivity index (χ1v) is 6.83. The van der Waals surface area contributed by atoms with Gasteiger partial charge in [-0.15, -0.1) is 0 Å². The van der Waals surface area contributed by atoms with Crippen LogP contribution in [0.4, 0.5) is 0 Å². The summed E-state index contributed by atoms with van der Waals surface area (Å²) in [5.41, 5.74) is -1.37. The van der Waals surface area contributed by atoms with E-state index in [4.69, 9.17) is 4.74 Å². The quantitative estimate of drug-likeness (QED) is 0.377. The molecule has 23 heavy (non-hydrogen) atoms. The van der Waals surface area contributed by atoms with Crippen LogP contribution in [0.1, 0.15) is 6.23 Å². The minimum atomic E-state index is -1.58. The second-order valence-electron chi connectivity index (χ2n) is 5.36. The molecule has 0 bridgehead atoms. The Labute approximate surface area is 128 Å². The third-order valence-electron chi connectivity index (χ3n) is 3.97. The molecule has 11 heteroatoms. The minimum absolute atomic E-state index is 0.0518. The summed E-state index contributed by atoms with van der Waals surface area (Å²) in [4.78, 5) is 29.5. The summed E-state index contributed by atoms with van der Waals surface area (Å²) in [5, 5.41) is 39.0. The van der Waals surface area contributed by atoms with Gasteiger partial charge in [-0.05, 0) is 0 Å². The van der Waals surface area contributed by atoms with Crippen LogP contribution in [0.2, 0.25) is 0 Å². The minimum Gasteiger partial charge on any atom is -0.394 e. The van der Waals surface area contributed by atoms with Crippen LogP contribution in [-0.2, 0) is 11.8 Å². The molecule has 1 fully saturated rings. The Hall–Kier alpha value is -2.05. The van der Waals surface area contributed by atoms with E-state index in [0.29, 0.717) is 0 Å². The summed E-state index contributed by atoms with van der Waals surface area (Å²) in [7, 11) is 1.39. The van der Waals surface area contributed by atoms with Gasteiger partial charge < -0.3 is 25.2 Å². The third-order valence-corrected chi connectivity index (χ3v) is 3.97. The second kappa shape index (κ2) is 5.54. The van der Waals surface area contributed by atoms with Gasteiger partial charge in [0, 0.05) is 7.05 Å². The van der Waals surface area contributed by atoms with Gasteiger partial charge in [0.15, 0.2) is 17.4 Å². The number of rotatable bonds is 2. The number of imidazole rings is 1. The van der Waals surface area contributed by atoms with Crippen LogP contribution in [0.3, 0.4) is 0 Å². The SMILES string of the molecule is Cn1c(=O)[nH]c(=O)c2ncn(C3O[C@H](CO)[C@@H](O)[C@H](O)[C@H]3O)c21. The topological polar surface area (TPSA) is 163 Å². The molecule has 0 aliphatic carbocycles. The van der Waals surface area contributed by atoms with E-state index in [1.165, 1.54) is 17.9 Å². The Bertz CT molecular complexity index is 838. The van der Waals surface area contributed by atoms with Crippen molar-refractivity contribution in [2.45, 2.75) is 30.6 Å². The third kappa shape index (κ3) is 2.29. The molecule has 11 nitrogen and oxygen atoms in total. The highest BCUT2D eigenvalue weighted by Gasteiger charge is 2.44. The monoisotopic (exact) mass is 328 g/mol. The van der Waals surface area contributed by atoms with Crippen molar-refractivity contribution in [2.75, 3.05) is 6.61 Å². The first-order valence-electron chi connectivity index (χ1n) is 6.83. The van der Waals surface area contributed by atoms with Crippen LogP contribution in [-0.4, -0.2) is 70.6 Å². The second-order valence-corrected chi connectivity index (χ2v) is 5.36. The Kier molecular flexibility index (Phi) is 3.82. The Morgan fingerprint density at radius 3 is 2.61 bits per heavy atom.